The molecule has 4 rings (SSSR count). The Morgan fingerprint density at radius 2 is 2.11 bits per heavy atom. The Kier molecular flexibility index (Phi) is 5.69. The smallest absolute Gasteiger partial charge is 0.134 e. The summed E-state index contributed by atoms with van der Waals surface area (Å²) in [6, 6.07) is 14.9. The molecular formula is C22H28ClN3O. The minimum absolute atomic E-state index is 0.152. The lowest BCUT2D eigenvalue weighted by molar-refractivity contribution is 0.139. The summed E-state index contributed by atoms with van der Waals surface area (Å²) in [5.41, 5.74) is 10.9. The second kappa shape index (κ2) is 8.19. The van der Waals surface area contributed by atoms with Gasteiger partial charge in [-0.15, -0.1) is 0 Å². The molecule has 2 aliphatic rings. The van der Waals surface area contributed by atoms with E-state index < -0.39 is 0 Å². The van der Waals surface area contributed by atoms with E-state index in [0.717, 1.165) is 31.7 Å². The third-order valence-corrected chi connectivity index (χ3v) is 6.27. The van der Waals surface area contributed by atoms with E-state index in [-0.39, 0.29) is 5.75 Å². The molecule has 3 atom stereocenters. The fourth-order valence-electron chi connectivity index (χ4n) is 4.62. The zero-order chi connectivity index (χ0) is 18.8. The highest BCUT2D eigenvalue weighted by atomic mass is 35.5. The molecule has 2 saturated heterocycles. The average molecular weight is 386 g/mol. The molecule has 2 fully saturated rings. The van der Waals surface area contributed by atoms with E-state index in [0.29, 0.717) is 22.9 Å². The van der Waals surface area contributed by atoms with Gasteiger partial charge in [0, 0.05) is 31.6 Å². The summed E-state index contributed by atoms with van der Waals surface area (Å²) in [5, 5.41) is 10.1. The number of halogens is 1. The van der Waals surface area contributed by atoms with Crippen molar-refractivity contribution in [1.82, 2.24) is 15.8 Å². The second-order valence-corrected chi connectivity index (χ2v) is 8.40. The molecule has 5 heteroatoms. The number of piperidine rings is 1. The van der Waals surface area contributed by atoms with Crippen LogP contribution in [0.1, 0.15) is 35.4 Å². The van der Waals surface area contributed by atoms with E-state index in [1.807, 2.05) is 12.1 Å². The first-order chi connectivity index (χ1) is 13.1. The first-order valence-corrected chi connectivity index (χ1v) is 10.2. The molecule has 3 N–H and O–H groups in total. The van der Waals surface area contributed by atoms with Crippen molar-refractivity contribution in [2.75, 3.05) is 19.6 Å². The third-order valence-electron chi connectivity index (χ3n) is 5.96. The number of rotatable bonds is 4. The van der Waals surface area contributed by atoms with Crippen LogP contribution in [0, 0.1) is 12.8 Å². The predicted molar refractivity (Wildman–Crippen MR) is 110 cm³/mol. The first kappa shape index (κ1) is 18.8. The molecule has 0 aromatic heterocycles. The second-order valence-electron chi connectivity index (χ2n) is 7.99. The van der Waals surface area contributed by atoms with Crippen LogP contribution < -0.4 is 10.9 Å². The highest BCUT2D eigenvalue weighted by Crippen LogP contribution is 2.33. The van der Waals surface area contributed by atoms with Gasteiger partial charge in [-0.2, -0.15) is 0 Å². The highest BCUT2D eigenvalue weighted by molar-refractivity contribution is 6.32. The molecule has 0 saturated carbocycles. The molecule has 27 heavy (non-hydrogen) atoms. The third kappa shape index (κ3) is 4.30. The predicted octanol–water partition coefficient (Wildman–Crippen LogP) is 3.83. The number of phenolic OH excluding ortho intramolecular Hbond substituents is 1. The molecular weight excluding hydrogens is 358 g/mol. The lowest BCUT2D eigenvalue weighted by Gasteiger charge is -2.37. The summed E-state index contributed by atoms with van der Waals surface area (Å²) in [6.07, 6.45) is 2.48. The van der Waals surface area contributed by atoms with Gasteiger partial charge in [-0.25, -0.2) is 0 Å². The van der Waals surface area contributed by atoms with Crippen LogP contribution in [0.4, 0.5) is 0 Å². The van der Waals surface area contributed by atoms with Crippen molar-refractivity contribution in [2.24, 2.45) is 5.92 Å². The molecule has 2 aromatic carbocycles. The lowest BCUT2D eigenvalue weighted by Crippen LogP contribution is -2.46. The summed E-state index contributed by atoms with van der Waals surface area (Å²) in [7, 11) is 0. The number of benzene rings is 2. The number of aryl methyl sites for hydroxylation is 1. The summed E-state index contributed by atoms with van der Waals surface area (Å²) >= 11 is 6.08. The fourth-order valence-corrected chi connectivity index (χ4v) is 4.82. The van der Waals surface area contributed by atoms with E-state index in [9.17, 15) is 5.11 Å². The Balaban J connectivity index is 1.44. The van der Waals surface area contributed by atoms with Crippen molar-refractivity contribution in [3.8, 4) is 5.75 Å². The monoisotopic (exact) mass is 385 g/mol. The van der Waals surface area contributed by atoms with Crippen LogP contribution in [0.15, 0.2) is 42.5 Å². The SMILES string of the molecule is Cc1cccc(C2CNNC2C2CCCN(Cc3ccc(O)c(Cl)c3)C2)c1. The average Bonchev–Trinajstić information content (AvgIpc) is 3.15. The van der Waals surface area contributed by atoms with Crippen molar-refractivity contribution in [3.05, 3.63) is 64.2 Å². The van der Waals surface area contributed by atoms with Crippen LogP contribution in [0.3, 0.4) is 0 Å². The summed E-state index contributed by atoms with van der Waals surface area (Å²) in [4.78, 5) is 2.52. The largest absolute Gasteiger partial charge is 0.506 e. The van der Waals surface area contributed by atoms with E-state index in [1.165, 1.54) is 24.0 Å². The van der Waals surface area contributed by atoms with Crippen LogP contribution in [0.5, 0.6) is 5.75 Å². The van der Waals surface area contributed by atoms with Gasteiger partial charge in [0.1, 0.15) is 5.75 Å². The zero-order valence-corrected chi connectivity index (χ0v) is 16.5. The standard InChI is InChI=1S/C22H28ClN3O/c1-15-4-2-5-17(10-15)19-12-24-25-22(19)18-6-3-9-26(14-18)13-16-7-8-21(27)20(23)11-16/h2,4-5,7-8,10-11,18-19,22,24-25,27H,3,6,9,12-14H2,1H3. The molecule has 0 amide bonds. The molecule has 4 nitrogen and oxygen atoms in total. The van der Waals surface area contributed by atoms with E-state index in [2.05, 4.69) is 46.9 Å². The van der Waals surface area contributed by atoms with Crippen LogP contribution in [0.25, 0.3) is 0 Å². The Hall–Kier alpha value is -1.59. The van der Waals surface area contributed by atoms with Gasteiger partial charge in [-0.05, 0) is 55.5 Å². The van der Waals surface area contributed by atoms with Gasteiger partial charge in [0.05, 0.1) is 5.02 Å². The van der Waals surface area contributed by atoms with E-state index in [1.54, 1.807) is 6.07 Å². The number of hydrazine groups is 1. The Labute approximate surface area is 166 Å². The van der Waals surface area contributed by atoms with E-state index >= 15 is 0 Å². The van der Waals surface area contributed by atoms with Crippen LogP contribution in [-0.4, -0.2) is 35.7 Å². The topological polar surface area (TPSA) is 47.5 Å². The minimum atomic E-state index is 0.152. The number of phenols is 1. The van der Waals surface area contributed by atoms with Gasteiger partial charge in [-0.3, -0.25) is 15.8 Å². The van der Waals surface area contributed by atoms with Gasteiger partial charge in [0.25, 0.3) is 0 Å². The van der Waals surface area contributed by atoms with Crippen molar-refractivity contribution in [2.45, 2.75) is 38.3 Å². The molecule has 2 heterocycles. The number of hydrogen-bond acceptors (Lipinski definition) is 4. The van der Waals surface area contributed by atoms with Gasteiger partial charge in [-0.1, -0.05) is 47.5 Å². The molecule has 0 bridgehead atoms. The molecule has 0 spiro atoms. The Morgan fingerprint density at radius 1 is 1.22 bits per heavy atom. The molecule has 3 unspecified atom stereocenters. The normalized spacial score (nSPS) is 26.4. The Bertz CT molecular complexity index is 797. The van der Waals surface area contributed by atoms with Crippen LogP contribution >= 0.6 is 11.6 Å². The molecule has 0 aliphatic carbocycles. The lowest BCUT2D eigenvalue weighted by atomic mass is 9.81. The molecule has 2 aromatic rings. The minimum Gasteiger partial charge on any atom is -0.506 e. The van der Waals surface area contributed by atoms with E-state index in [4.69, 9.17) is 11.6 Å². The van der Waals surface area contributed by atoms with Gasteiger partial charge >= 0.3 is 0 Å². The van der Waals surface area contributed by atoms with Crippen molar-refractivity contribution < 1.29 is 5.11 Å². The zero-order valence-electron chi connectivity index (χ0n) is 15.8. The quantitative estimate of drug-likeness (QED) is 0.748. The summed E-state index contributed by atoms with van der Waals surface area (Å²) < 4.78 is 0. The van der Waals surface area contributed by atoms with Crippen molar-refractivity contribution in [3.63, 3.8) is 0 Å². The maximum Gasteiger partial charge on any atom is 0.134 e. The van der Waals surface area contributed by atoms with Crippen molar-refractivity contribution >= 4 is 11.6 Å². The number of likely N-dealkylation sites (tertiary alicyclic amines) is 1. The van der Waals surface area contributed by atoms with Crippen molar-refractivity contribution in [1.29, 1.82) is 0 Å². The first-order valence-electron chi connectivity index (χ1n) is 9.85. The number of nitrogens with zero attached hydrogens (tertiary/aromatic N) is 1. The molecule has 0 radical (unpaired) electrons. The molecule has 144 valence electrons. The maximum atomic E-state index is 9.63. The number of aromatic hydroxyl groups is 1. The number of hydrogen-bond donors (Lipinski definition) is 3. The van der Waals surface area contributed by atoms with Gasteiger partial charge in [0.15, 0.2) is 0 Å². The maximum absolute atomic E-state index is 9.63. The molecule has 2 aliphatic heterocycles. The summed E-state index contributed by atoms with van der Waals surface area (Å²) in [6.45, 7) is 6.23. The van der Waals surface area contributed by atoms with Crippen LogP contribution in [-0.2, 0) is 6.54 Å². The van der Waals surface area contributed by atoms with Gasteiger partial charge < -0.3 is 5.11 Å². The summed E-state index contributed by atoms with van der Waals surface area (Å²) in [5.74, 6) is 1.28. The van der Waals surface area contributed by atoms with Gasteiger partial charge in [0.2, 0.25) is 0 Å². The number of nitrogens with one attached hydrogen (secondary N) is 2. The highest BCUT2D eigenvalue weighted by Gasteiger charge is 2.36. The Morgan fingerprint density at radius 3 is 2.93 bits per heavy atom. The van der Waals surface area contributed by atoms with Crippen LogP contribution in [0.2, 0.25) is 5.02 Å². The fraction of sp³-hybridized carbons (Fsp3) is 0.455.